The molecule has 0 atom stereocenters. The van der Waals surface area contributed by atoms with E-state index in [0.29, 0.717) is 0 Å². The molecule has 17 heavy (non-hydrogen) atoms. The summed E-state index contributed by atoms with van der Waals surface area (Å²) in [5, 5.41) is 2.65. The lowest BCUT2D eigenvalue weighted by molar-refractivity contribution is 0.102. The second-order valence-electron chi connectivity index (χ2n) is 3.07. The van der Waals surface area contributed by atoms with Crippen LogP contribution in [0.4, 0.5) is 10.2 Å². The Kier molecular flexibility index (Phi) is 3.24. The van der Waals surface area contributed by atoms with Crippen LogP contribution in [0.1, 0.15) is 10.4 Å². The molecule has 0 spiro atoms. The van der Waals surface area contributed by atoms with Gasteiger partial charge in [0.1, 0.15) is 11.0 Å². The van der Waals surface area contributed by atoms with E-state index in [-0.39, 0.29) is 16.5 Å². The number of aromatic nitrogens is 3. The highest BCUT2D eigenvalue weighted by molar-refractivity contribution is 6.29. The van der Waals surface area contributed by atoms with Gasteiger partial charge in [-0.2, -0.15) is 0 Å². The number of carbonyl (C=O) groups is 1. The van der Waals surface area contributed by atoms with Crippen molar-refractivity contribution in [3.05, 3.63) is 47.4 Å². The molecule has 0 aliphatic carbocycles. The van der Waals surface area contributed by atoms with Crippen molar-refractivity contribution in [3.8, 4) is 0 Å². The first-order chi connectivity index (χ1) is 8.15. The molecule has 2 aromatic heterocycles. The average Bonchev–Trinajstić information content (AvgIpc) is 2.32. The van der Waals surface area contributed by atoms with Gasteiger partial charge in [-0.3, -0.25) is 9.78 Å². The van der Waals surface area contributed by atoms with Gasteiger partial charge in [-0.1, -0.05) is 11.6 Å². The van der Waals surface area contributed by atoms with E-state index in [0.717, 1.165) is 12.3 Å². The van der Waals surface area contributed by atoms with E-state index >= 15 is 0 Å². The Balaban J connectivity index is 2.14. The maximum Gasteiger partial charge on any atom is 0.258 e. The van der Waals surface area contributed by atoms with Crippen LogP contribution >= 0.6 is 11.6 Å². The Morgan fingerprint density at radius 1 is 1.24 bits per heavy atom. The topological polar surface area (TPSA) is 67.8 Å². The number of amides is 1. The van der Waals surface area contributed by atoms with Gasteiger partial charge >= 0.3 is 0 Å². The first-order valence-electron chi connectivity index (χ1n) is 4.54. The number of carbonyl (C=O) groups excluding carboxylic acids is 1. The second kappa shape index (κ2) is 4.84. The summed E-state index contributed by atoms with van der Waals surface area (Å²) in [7, 11) is 0. The first-order valence-corrected chi connectivity index (χ1v) is 4.92. The third kappa shape index (κ3) is 2.94. The van der Waals surface area contributed by atoms with Crippen LogP contribution in [0.2, 0.25) is 5.15 Å². The lowest BCUT2D eigenvalue weighted by Gasteiger charge is -2.03. The highest BCUT2D eigenvalue weighted by atomic mass is 35.5. The van der Waals surface area contributed by atoms with E-state index in [9.17, 15) is 9.18 Å². The molecule has 2 rings (SSSR count). The van der Waals surface area contributed by atoms with E-state index in [1.807, 2.05) is 0 Å². The van der Waals surface area contributed by atoms with Crippen LogP contribution in [0.3, 0.4) is 0 Å². The lowest BCUT2D eigenvalue weighted by Crippen LogP contribution is -2.13. The highest BCUT2D eigenvalue weighted by Gasteiger charge is 2.08. The number of nitrogens with zero attached hydrogens (tertiary/aromatic N) is 3. The fourth-order valence-corrected chi connectivity index (χ4v) is 1.20. The minimum absolute atomic E-state index is 0.0988. The molecule has 0 saturated heterocycles. The van der Waals surface area contributed by atoms with Crippen LogP contribution in [0.15, 0.2) is 30.9 Å². The molecule has 1 amide bonds. The molecule has 0 saturated carbocycles. The summed E-state index contributed by atoms with van der Waals surface area (Å²) >= 11 is 5.54. The molecule has 5 nitrogen and oxygen atoms in total. The summed E-state index contributed by atoms with van der Waals surface area (Å²) in [6.07, 6.45) is 4.86. The van der Waals surface area contributed by atoms with Crippen molar-refractivity contribution in [3.63, 3.8) is 0 Å². The molecule has 2 heterocycles. The van der Waals surface area contributed by atoms with Crippen molar-refractivity contribution in [1.29, 1.82) is 0 Å². The van der Waals surface area contributed by atoms with Crippen LogP contribution in [-0.4, -0.2) is 20.9 Å². The smallest absolute Gasteiger partial charge is 0.258 e. The van der Waals surface area contributed by atoms with E-state index in [2.05, 4.69) is 20.3 Å². The number of pyridine rings is 1. The molecule has 7 heteroatoms. The van der Waals surface area contributed by atoms with Crippen LogP contribution in [0.5, 0.6) is 0 Å². The van der Waals surface area contributed by atoms with Gasteiger partial charge in [0.15, 0.2) is 5.82 Å². The third-order valence-electron chi connectivity index (χ3n) is 1.83. The molecule has 1 N–H and O–H groups in total. The Labute approximate surface area is 101 Å². The number of anilines is 1. The van der Waals surface area contributed by atoms with Crippen LogP contribution in [-0.2, 0) is 0 Å². The van der Waals surface area contributed by atoms with Crippen molar-refractivity contribution < 1.29 is 9.18 Å². The average molecular weight is 253 g/mol. The summed E-state index contributed by atoms with van der Waals surface area (Å²) in [4.78, 5) is 22.8. The molecule has 0 bridgehead atoms. The van der Waals surface area contributed by atoms with Gasteiger partial charge in [0.25, 0.3) is 5.91 Å². The quantitative estimate of drug-likeness (QED) is 0.887. The normalized spacial score (nSPS) is 10.0. The van der Waals surface area contributed by atoms with E-state index in [4.69, 9.17) is 11.6 Å². The van der Waals surface area contributed by atoms with Crippen LogP contribution < -0.4 is 5.32 Å². The molecule has 86 valence electrons. The molecule has 0 unspecified atom stereocenters. The summed E-state index contributed by atoms with van der Waals surface area (Å²) < 4.78 is 12.8. The van der Waals surface area contributed by atoms with Crippen LogP contribution in [0.25, 0.3) is 0 Å². The Hall–Kier alpha value is -2.08. The molecule has 0 aromatic carbocycles. The van der Waals surface area contributed by atoms with Crippen molar-refractivity contribution in [2.24, 2.45) is 0 Å². The van der Waals surface area contributed by atoms with E-state index < -0.39 is 11.7 Å². The van der Waals surface area contributed by atoms with Gasteiger partial charge in [-0.15, -0.1) is 0 Å². The first kappa shape index (κ1) is 11.4. The largest absolute Gasteiger partial charge is 0.305 e. The Bertz CT molecular complexity index is 546. The van der Waals surface area contributed by atoms with Crippen molar-refractivity contribution in [1.82, 2.24) is 15.0 Å². The van der Waals surface area contributed by atoms with Gasteiger partial charge < -0.3 is 5.32 Å². The minimum atomic E-state index is -0.583. The standard InChI is InChI=1S/C10H6ClFN4O/c11-8-4-15-9(5-14-8)16-10(17)6-1-7(12)3-13-2-6/h1-5H,(H,15,16,17). The number of hydrogen-bond acceptors (Lipinski definition) is 4. The summed E-state index contributed by atoms with van der Waals surface area (Å²) in [6, 6.07) is 1.08. The van der Waals surface area contributed by atoms with Crippen molar-refractivity contribution in [2.45, 2.75) is 0 Å². The van der Waals surface area contributed by atoms with Crippen molar-refractivity contribution >= 4 is 23.3 Å². The third-order valence-corrected chi connectivity index (χ3v) is 2.02. The Morgan fingerprint density at radius 3 is 2.71 bits per heavy atom. The number of rotatable bonds is 2. The van der Waals surface area contributed by atoms with Gasteiger partial charge in [-0.25, -0.2) is 14.4 Å². The van der Waals surface area contributed by atoms with Gasteiger partial charge in [0.05, 0.1) is 24.2 Å². The SMILES string of the molecule is O=C(Nc1cnc(Cl)cn1)c1cncc(F)c1. The molecular weight excluding hydrogens is 247 g/mol. The van der Waals surface area contributed by atoms with E-state index in [1.165, 1.54) is 18.6 Å². The highest BCUT2D eigenvalue weighted by Crippen LogP contribution is 2.08. The molecule has 0 aliphatic heterocycles. The molecule has 0 aliphatic rings. The summed E-state index contributed by atoms with van der Waals surface area (Å²) in [6.45, 7) is 0. The fraction of sp³-hybridized carbons (Fsp3) is 0. The number of hydrogen-bond donors (Lipinski definition) is 1. The van der Waals surface area contributed by atoms with Gasteiger partial charge in [0, 0.05) is 6.20 Å². The predicted molar refractivity (Wildman–Crippen MR) is 59.2 cm³/mol. The zero-order chi connectivity index (χ0) is 12.3. The fourth-order valence-electron chi connectivity index (χ4n) is 1.10. The maximum atomic E-state index is 12.8. The zero-order valence-corrected chi connectivity index (χ0v) is 9.15. The maximum absolute atomic E-state index is 12.8. The number of halogens is 2. The zero-order valence-electron chi connectivity index (χ0n) is 8.39. The molecule has 0 fully saturated rings. The predicted octanol–water partition coefficient (Wildman–Crippen LogP) is 1.92. The van der Waals surface area contributed by atoms with Crippen LogP contribution in [0, 0.1) is 5.82 Å². The molecular formula is C10H6ClFN4O. The Morgan fingerprint density at radius 2 is 2.06 bits per heavy atom. The minimum Gasteiger partial charge on any atom is -0.305 e. The monoisotopic (exact) mass is 252 g/mol. The second-order valence-corrected chi connectivity index (χ2v) is 3.46. The summed E-state index contributed by atoms with van der Waals surface area (Å²) in [5.74, 6) is -0.878. The lowest BCUT2D eigenvalue weighted by atomic mass is 10.2. The van der Waals surface area contributed by atoms with Crippen molar-refractivity contribution in [2.75, 3.05) is 5.32 Å². The van der Waals surface area contributed by atoms with Gasteiger partial charge in [-0.05, 0) is 6.07 Å². The number of nitrogens with one attached hydrogen (secondary N) is 1. The molecule has 2 aromatic rings. The molecule has 0 radical (unpaired) electrons. The van der Waals surface area contributed by atoms with E-state index in [1.54, 1.807) is 0 Å². The summed E-state index contributed by atoms with van der Waals surface area (Å²) in [5.41, 5.74) is 0.0988. The van der Waals surface area contributed by atoms with Gasteiger partial charge in [0.2, 0.25) is 0 Å².